The molecule has 1 aliphatic heterocycles. The predicted molar refractivity (Wildman–Crippen MR) is 80.5 cm³/mol. The molecule has 0 N–H and O–H groups in total. The number of rotatable bonds is 1. The maximum absolute atomic E-state index is 12.7. The molecule has 0 saturated heterocycles. The quantitative estimate of drug-likeness (QED) is 0.772. The van der Waals surface area contributed by atoms with Crippen LogP contribution in [0, 0.1) is 0 Å². The molecule has 0 unspecified atom stereocenters. The van der Waals surface area contributed by atoms with Crippen LogP contribution in [-0.4, -0.2) is 17.9 Å². The first-order valence-electron chi connectivity index (χ1n) is 6.95. The molecule has 0 aliphatic carbocycles. The summed E-state index contributed by atoms with van der Waals surface area (Å²) in [6.07, 6.45) is 0. The van der Waals surface area contributed by atoms with Crippen LogP contribution >= 0.6 is 0 Å². The van der Waals surface area contributed by atoms with E-state index in [1.54, 1.807) is 0 Å². The molecule has 2 aromatic carbocycles. The van der Waals surface area contributed by atoms with Gasteiger partial charge in [-0.05, 0) is 30.5 Å². The van der Waals surface area contributed by atoms with Crippen LogP contribution in [0.1, 0.15) is 36.6 Å². The summed E-state index contributed by atoms with van der Waals surface area (Å²) in [5.41, 5.74) is 3.06. The maximum atomic E-state index is 12.7. The highest BCUT2D eigenvalue weighted by molar-refractivity contribution is 5.90. The third-order valence-electron chi connectivity index (χ3n) is 4.29. The van der Waals surface area contributed by atoms with Crippen LogP contribution in [-0.2, 0) is 10.2 Å². The lowest BCUT2D eigenvalue weighted by atomic mass is 9.74. The average Bonchev–Trinajstić information content (AvgIpc) is 2.47. The smallest absolute Gasteiger partial charge is 0.233 e. The topological polar surface area (TPSA) is 20.3 Å². The summed E-state index contributed by atoms with van der Waals surface area (Å²) >= 11 is 0. The Bertz CT molecular complexity index is 645. The normalized spacial score (nSPS) is 20.6. The van der Waals surface area contributed by atoms with Gasteiger partial charge >= 0.3 is 0 Å². The fraction of sp³-hybridized carbons (Fsp3) is 0.278. The fourth-order valence-corrected chi connectivity index (χ4v) is 3.23. The zero-order valence-corrected chi connectivity index (χ0v) is 12.1. The molecular formula is C18H19NO. The second-order valence-electron chi connectivity index (χ2n) is 5.94. The Morgan fingerprint density at radius 3 is 2.25 bits per heavy atom. The first kappa shape index (κ1) is 12.9. The first-order valence-corrected chi connectivity index (χ1v) is 6.95. The molecule has 0 fully saturated rings. The molecule has 102 valence electrons. The van der Waals surface area contributed by atoms with Gasteiger partial charge in [-0.25, -0.2) is 0 Å². The second-order valence-corrected chi connectivity index (χ2v) is 5.94. The Morgan fingerprint density at radius 2 is 1.55 bits per heavy atom. The van der Waals surface area contributed by atoms with Crippen molar-refractivity contribution in [1.82, 2.24) is 4.90 Å². The van der Waals surface area contributed by atoms with Crippen molar-refractivity contribution in [3.05, 3.63) is 71.3 Å². The van der Waals surface area contributed by atoms with Gasteiger partial charge in [-0.15, -0.1) is 0 Å². The highest BCUT2D eigenvalue weighted by atomic mass is 16.2. The lowest BCUT2D eigenvalue weighted by Gasteiger charge is -2.43. The van der Waals surface area contributed by atoms with Crippen LogP contribution in [0.5, 0.6) is 0 Å². The van der Waals surface area contributed by atoms with E-state index in [-0.39, 0.29) is 11.9 Å². The van der Waals surface area contributed by atoms with Crippen LogP contribution in [0.4, 0.5) is 0 Å². The molecule has 0 saturated carbocycles. The van der Waals surface area contributed by atoms with E-state index in [9.17, 15) is 4.79 Å². The fourth-order valence-electron chi connectivity index (χ4n) is 3.23. The number of fused-ring (bicyclic) bond motifs is 1. The highest BCUT2D eigenvalue weighted by Gasteiger charge is 2.43. The van der Waals surface area contributed by atoms with Crippen LogP contribution in [0.3, 0.4) is 0 Å². The number of carbonyl (C=O) groups excluding carboxylic acids is 1. The van der Waals surface area contributed by atoms with Crippen LogP contribution < -0.4 is 0 Å². The molecule has 0 radical (unpaired) electrons. The lowest BCUT2D eigenvalue weighted by Crippen LogP contribution is -2.48. The van der Waals surface area contributed by atoms with Gasteiger partial charge in [0.1, 0.15) is 0 Å². The Kier molecular flexibility index (Phi) is 2.89. The highest BCUT2D eigenvalue weighted by Crippen LogP contribution is 2.42. The molecule has 2 aromatic rings. The zero-order valence-electron chi connectivity index (χ0n) is 12.1. The summed E-state index contributed by atoms with van der Waals surface area (Å²) in [6, 6.07) is 18.5. The number of hydrogen-bond donors (Lipinski definition) is 0. The molecule has 0 spiro atoms. The first-order chi connectivity index (χ1) is 9.53. The SMILES string of the molecule is CN1C(=O)C(C)(C)c2ccccc2[C@H]1c1ccccc1. The molecule has 2 heteroatoms. The van der Waals surface area contributed by atoms with E-state index in [4.69, 9.17) is 0 Å². The molecule has 1 aliphatic rings. The van der Waals surface area contributed by atoms with Gasteiger partial charge in [0.2, 0.25) is 5.91 Å². The van der Waals surface area contributed by atoms with Gasteiger partial charge in [-0.3, -0.25) is 4.79 Å². The summed E-state index contributed by atoms with van der Waals surface area (Å²) in [7, 11) is 1.90. The Morgan fingerprint density at radius 1 is 0.950 bits per heavy atom. The van der Waals surface area contributed by atoms with Crippen molar-refractivity contribution in [1.29, 1.82) is 0 Å². The Balaban J connectivity index is 2.23. The van der Waals surface area contributed by atoms with E-state index < -0.39 is 5.41 Å². The minimum atomic E-state index is -0.462. The van der Waals surface area contributed by atoms with Crippen molar-refractivity contribution in [2.24, 2.45) is 0 Å². The molecule has 2 nitrogen and oxygen atoms in total. The number of likely N-dealkylation sites (N-methyl/N-ethyl adjacent to an activating group) is 1. The molecule has 3 rings (SSSR count). The number of carbonyl (C=O) groups is 1. The van der Waals surface area contributed by atoms with E-state index in [1.165, 1.54) is 5.56 Å². The molecular weight excluding hydrogens is 246 g/mol. The monoisotopic (exact) mass is 265 g/mol. The molecule has 0 bridgehead atoms. The van der Waals surface area contributed by atoms with Crippen molar-refractivity contribution in [3.63, 3.8) is 0 Å². The number of amides is 1. The van der Waals surface area contributed by atoms with Gasteiger partial charge < -0.3 is 4.90 Å². The van der Waals surface area contributed by atoms with Gasteiger partial charge in [0.25, 0.3) is 0 Å². The van der Waals surface area contributed by atoms with Gasteiger partial charge in [0, 0.05) is 7.05 Å². The zero-order chi connectivity index (χ0) is 14.3. The van der Waals surface area contributed by atoms with Crippen molar-refractivity contribution in [2.75, 3.05) is 7.05 Å². The average molecular weight is 265 g/mol. The number of hydrogen-bond acceptors (Lipinski definition) is 1. The van der Waals surface area contributed by atoms with Crippen molar-refractivity contribution < 1.29 is 4.79 Å². The van der Waals surface area contributed by atoms with Crippen LogP contribution in [0.15, 0.2) is 54.6 Å². The largest absolute Gasteiger partial charge is 0.334 e. The summed E-state index contributed by atoms with van der Waals surface area (Å²) in [6.45, 7) is 4.01. The predicted octanol–water partition coefficient (Wildman–Crippen LogP) is 3.53. The lowest BCUT2D eigenvalue weighted by molar-refractivity contribution is -0.137. The van der Waals surface area contributed by atoms with Gasteiger partial charge in [-0.2, -0.15) is 0 Å². The third-order valence-corrected chi connectivity index (χ3v) is 4.29. The van der Waals surface area contributed by atoms with E-state index >= 15 is 0 Å². The second kappa shape index (κ2) is 4.48. The van der Waals surface area contributed by atoms with Gasteiger partial charge in [0.15, 0.2) is 0 Å². The van der Waals surface area contributed by atoms with E-state index in [0.717, 1.165) is 11.1 Å². The van der Waals surface area contributed by atoms with E-state index in [1.807, 2.05) is 50.1 Å². The van der Waals surface area contributed by atoms with Gasteiger partial charge in [0.05, 0.1) is 11.5 Å². The Labute approximate surface area is 120 Å². The Hall–Kier alpha value is -2.09. The standard InChI is InChI=1S/C18H19NO/c1-18(2)15-12-8-7-11-14(15)16(19(3)17(18)20)13-9-5-4-6-10-13/h4-12,16H,1-3H3/t16-/m1/s1. The minimum Gasteiger partial charge on any atom is -0.334 e. The number of nitrogens with zero attached hydrogens (tertiary/aromatic N) is 1. The third kappa shape index (κ3) is 1.75. The number of benzene rings is 2. The molecule has 0 aromatic heterocycles. The summed E-state index contributed by atoms with van der Waals surface area (Å²) in [5.74, 6) is 0.171. The minimum absolute atomic E-state index is 0.00734. The summed E-state index contributed by atoms with van der Waals surface area (Å²) in [4.78, 5) is 14.6. The molecule has 20 heavy (non-hydrogen) atoms. The summed E-state index contributed by atoms with van der Waals surface area (Å²) in [5, 5.41) is 0. The van der Waals surface area contributed by atoms with E-state index in [2.05, 4.69) is 30.3 Å². The van der Waals surface area contributed by atoms with Crippen molar-refractivity contribution in [2.45, 2.75) is 25.3 Å². The van der Waals surface area contributed by atoms with E-state index in [0.29, 0.717) is 0 Å². The van der Waals surface area contributed by atoms with Crippen molar-refractivity contribution >= 4 is 5.91 Å². The van der Waals surface area contributed by atoms with Crippen molar-refractivity contribution in [3.8, 4) is 0 Å². The summed E-state index contributed by atoms with van der Waals surface area (Å²) < 4.78 is 0. The van der Waals surface area contributed by atoms with Crippen LogP contribution in [0.2, 0.25) is 0 Å². The molecule has 1 atom stereocenters. The van der Waals surface area contributed by atoms with Crippen LogP contribution in [0.25, 0.3) is 0 Å². The molecule has 1 amide bonds. The maximum Gasteiger partial charge on any atom is 0.233 e. The molecule has 1 heterocycles. The van der Waals surface area contributed by atoms with Gasteiger partial charge in [-0.1, -0.05) is 54.6 Å².